The third-order valence-corrected chi connectivity index (χ3v) is 6.73. The second-order valence-electron chi connectivity index (χ2n) is 6.07. The molecule has 0 atom stereocenters. The molecule has 0 bridgehead atoms. The lowest BCUT2D eigenvalue weighted by atomic mass is 10.0. The number of hydrogen-bond acceptors (Lipinski definition) is 6. The first-order valence-corrected chi connectivity index (χ1v) is 10.6. The highest BCUT2D eigenvalue weighted by atomic mass is 32.2. The summed E-state index contributed by atoms with van der Waals surface area (Å²) in [5.74, 6) is -0.190. The standard InChI is InChI=1S/C17H17N5O3S2/c23-16(11-17-19-6-9-26-17)20-14-4-3-13-2-1-7-22(15(13)10-14)27(24,25)21-8-5-18-12-21/h3-6,8-10,12H,1-2,7,11H2,(H,20,23). The summed E-state index contributed by atoms with van der Waals surface area (Å²) in [6, 6.07) is 5.37. The Morgan fingerprint density at radius 3 is 2.93 bits per heavy atom. The zero-order chi connectivity index (χ0) is 18.9. The quantitative estimate of drug-likeness (QED) is 0.703. The molecule has 0 unspecified atom stereocenters. The van der Waals surface area contributed by atoms with Crippen molar-refractivity contribution >= 4 is 38.8 Å². The van der Waals surface area contributed by atoms with Crippen LogP contribution in [0.4, 0.5) is 11.4 Å². The Kier molecular flexibility index (Phi) is 4.66. The number of amides is 1. The lowest BCUT2D eigenvalue weighted by molar-refractivity contribution is -0.115. The fraction of sp³-hybridized carbons (Fsp3) is 0.235. The Labute approximate surface area is 160 Å². The number of rotatable bonds is 5. The topological polar surface area (TPSA) is 97.2 Å². The summed E-state index contributed by atoms with van der Waals surface area (Å²) in [5.41, 5.74) is 2.08. The number of aromatic nitrogens is 3. The molecule has 3 heterocycles. The van der Waals surface area contributed by atoms with Crippen molar-refractivity contribution in [2.24, 2.45) is 0 Å². The number of anilines is 2. The van der Waals surface area contributed by atoms with Gasteiger partial charge in [-0.2, -0.15) is 8.42 Å². The van der Waals surface area contributed by atoms with Crippen molar-refractivity contribution in [2.75, 3.05) is 16.2 Å². The number of hydrogen-bond donors (Lipinski definition) is 1. The van der Waals surface area contributed by atoms with Crippen LogP contribution in [-0.4, -0.2) is 34.8 Å². The molecule has 10 heteroatoms. The van der Waals surface area contributed by atoms with E-state index in [1.807, 2.05) is 11.4 Å². The van der Waals surface area contributed by atoms with E-state index in [0.29, 0.717) is 17.9 Å². The van der Waals surface area contributed by atoms with Crippen LogP contribution in [0, 0.1) is 0 Å². The Morgan fingerprint density at radius 1 is 1.30 bits per heavy atom. The van der Waals surface area contributed by atoms with Gasteiger partial charge in [0, 0.05) is 36.2 Å². The molecular weight excluding hydrogens is 386 g/mol. The number of thiazole rings is 1. The van der Waals surface area contributed by atoms with Crippen LogP contribution >= 0.6 is 11.3 Å². The lowest BCUT2D eigenvalue weighted by Crippen LogP contribution is -2.38. The number of aryl methyl sites for hydroxylation is 1. The molecular formula is C17H17N5O3S2. The van der Waals surface area contributed by atoms with Crippen LogP contribution in [0.5, 0.6) is 0 Å². The molecule has 27 heavy (non-hydrogen) atoms. The van der Waals surface area contributed by atoms with Gasteiger partial charge in [-0.15, -0.1) is 11.3 Å². The van der Waals surface area contributed by atoms with Crippen LogP contribution in [0.15, 0.2) is 48.5 Å². The van der Waals surface area contributed by atoms with E-state index in [4.69, 9.17) is 0 Å². The predicted octanol–water partition coefficient (Wildman–Crippen LogP) is 2.07. The molecule has 0 fully saturated rings. The number of benzene rings is 1. The number of nitrogens with one attached hydrogen (secondary N) is 1. The molecule has 1 aliphatic heterocycles. The molecule has 1 aliphatic rings. The van der Waals surface area contributed by atoms with Crippen molar-refractivity contribution in [3.63, 3.8) is 0 Å². The summed E-state index contributed by atoms with van der Waals surface area (Å²) in [6.07, 6.45) is 7.47. The smallest absolute Gasteiger partial charge is 0.326 e. The first-order valence-electron chi connectivity index (χ1n) is 8.36. The molecule has 0 spiro atoms. The maximum Gasteiger partial charge on any atom is 0.331 e. The first kappa shape index (κ1) is 17.7. The summed E-state index contributed by atoms with van der Waals surface area (Å²) >= 11 is 1.42. The summed E-state index contributed by atoms with van der Waals surface area (Å²) in [7, 11) is -3.75. The van der Waals surface area contributed by atoms with Gasteiger partial charge in [0.05, 0.1) is 12.1 Å². The third-order valence-electron chi connectivity index (χ3n) is 4.27. The van der Waals surface area contributed by atoms with E-state index in [2.05, 4.69) is 15.3 Å². The van der Waals surface area contributed by atoms with Gasteiger partial charge >= 0.3 is 10.2 Å². The summed E-state index contributed by atoms with van der Waals surface area (Å²) < 4.78 is 28.3. The Balaban J connectivity index is 1.60. The molecule has 0 radical (unpaired) electrons. The van der Waals surface area contributed by atoms with Crippen LogP contribution in [0.2, 0.25) is 0 Å². The molecule has 140 valence electrons. The number of imidazole rings is 1. The molecule has 1 amide bonds. The van der Waals surface area contributed by atoms with Gasteiger partial charge in [-0.3, -0.25) is 9.10 Å². The minimum atomic E-state index is -3.75. The van der Waals surface area contributed by atoms with Crippen LogP contribution < -0.4 is 9.62 Å². The summed E-state index contributed by atoms with van der Waals surface area (Å²) in [4.78, 5) is 20.2. The number of fused-ring (bicyclic) bond motifs is 1. The molecule has 1 aromatic carbocycles. The van der Waals surface area contributed by atoms with Gasteiger partial charge in [-0.25, -0.2) is 13.9 Å². The Hall–Kier alpha value is -2.72. The number of nitrogens with zero attached hydrogens (tertiary/aromatic N) is 4. The van der Waals surface area contributed by atoms with Gasteiger partial charge in [0.25, 0.3) is 0 Å². The molecule has 2 aromatic heterocycles. The number of carbonyl (C=O) groups excluding carboxylic acids is 1. The van der Waals surface area contributed by atoms with Crippen molar-refractivity contribution in [1.29, 1.82) is 0 Å². The van der Waals surface area contributed by atoms with Crippen molar-refractivity contribution in [3.8, 4) is 0 Å². The van der Waals surface area contributed by atoms with Crippen molar-refractivity contribution in [2.45, 2.75) is 19.3 Å². The highest BCUT2D eigenvalue weighted by Crippen LogP contribution is 2.32. The third kappa shape index (κ3) is 3.58. The van der Waals surface area contributed by atoms with E-state index in [0.717, 1.165) is 27.4 Å². The van der Waals surface area contributed by atoms with Crippen molar-refractivity contribution < 1.29 is 13.2 Å². The van der Waals surface area contributed by atoms with Crippen molar-refractivity contribution in [1.82, 2.24) is 13.9 Å². The predicted molar refractivity (Wildman–Crippen MR) is 103 cm³/mol. The zero-order valence-electron chi connectivity index (χ0n) is 14.3. The van der Waals surface area contributed by atoms with Crippen LogP contribution in [0.25, 0.3) is 0 Å². The second-order valence-corrected chi connectivity index (χ2v) is 8.81. The van der Waals surface area contributed by atoms with E-state index in [-0.39, 0.29) is 12.3 Å². The van der Waals surface area contributed by atoms with Gasteiger partial charge in [0.2, 0.25) is 5.91 Å². The molecule has 0 aliphatic carbocycles. The molecule has 0 saturated heterocycles. The summed E-state index contributed by atoms with van der Waals surface area (Å²) in [6.45, 7) is 0.379. The SMILES string of the molecule is O=C(Cc1nccs1)Nc1ccc2c(c1)N(S(=O)(=O)n1ccnc1)CCC2. The normalized spacial score (nSPS) is 14.0. The van der Waals surface area contributed by atoms with Crippen molar-refractivity contribution in [3.05, 3.63) is 59.1 Å². The fourth-order valence-electron chi connectivity index (χ4n) is 3.04. The minimum absolute atomic E-state index is 0.186. The monoisotopic (exact) mass is 403 g/mol. The van der Waals surface area contributed by atoms with Gasteiger partial charge in [0.15, 0.2) is 0 Å². The van der Waals surface area contributed by atoms with Gasteiger partial charge < -0.3 is 5.32 Å². The van der Waals surface area contributed by atoms with Gasteiger partial charge in [0.1, 0.15) is 11.3 Å². The lowest BCUT2D eigenvalue weighted by Gasteiger charge is -2.30. The fourth-order valence-corrected chi connectivity index (χ4v) is 5.04. The van der Waals surface area contributed by atoms with E-state index >= 15 is 0 Å². The van der Waals surface area contributed by atoms with E-state index in [9.17, 15) is 13.2 Å². The molecule has 4 rings (SSSR count). The second kappa shape index (κ2) is 7.12. The van der Waals surface area contributed by atoms with Gasteiger partial charge in [-0.1, -0.05) is 6.07 Å². The van der Waals surface area contributed by atoms with E-state index in [1.54, 1.807) is 18.3 Å². The largest absolute Gasteiger partial charge is 0.331 e. The van der Waals surface area contributed by atoms with E-state index in [1.165, 1.54) is 34.4 Å². The first-order chi connectivity index (χ1) is 13.0. The van der Waals surface area contributed by atoms with Gasteiger partial charge in [-0.05, 0) is 30.5 Å². The van der Waals surface area contributed by atoms with Crippen LogP contribution in [-0.2, 0) is 27.8 Å². The zero-order valence-corrected chi connectivity index (χ0v) is 15.9. The number of carbonyl (C=O) groups is 1. The average Bonchev–Trinajstić information content (AvgIpc) is 3.35. The maximum absolute atomic E-state index is 12.9. The summed E-state index contributed by atoms with van der Waals surface area (Å²) in [5, 5.41) is 5.38. The van der Waals surface area contributed by atoms with Crippen LogP contribution in [0.1, 0.15) is 17.0 Å². The maximum atomic E-state index is 12.9. The molecule has 3 aromatic rings. The minimum Gasteiger partial charge on any atom is -0.326 e. The Bertz CT molecular complexity index is 1050. The highest BCUT2D eigenvalue weighted by molar-refractivity contribution is 7.91. The molecule has 8 nitrogen and oxygen atoms in total. The Morgan fingerprint density at radius 2 is 2.19 bits per heavy atom. The highest BCUT2D eigenvalue weighted by Gasteiger charge is 2.29. The molecule has 0 saturated carbocycles. The van der Waals surface area contributed by atoms with Crippen LogP contribution in [0.3, 0.4) is 0 Å². The van der Waals surface area contributed by atoms with E-state index < -0.39 is 10.2 Å². The molecule has 1 N–H and O–H groups in total. The average molecular weight is 403 g/mol.